The molecule has 0 saturated heterocycles. The van der Waals surface area contributed by atoms with Gasteiger partial charge in [-0.05, 0) is 61.4 Å². The van der Waals surface area contributed by atoms with Gasteiger partial charge in [-0.2, -0.15) is 0 Å². The third-order valence-corrected chi connectivity index (χ3v) is 6.24. The molecule has 1 aliphatic rings. The van der Waals surface area contributed by atoms with E-state index in [1.165, 1.54) is 36.1 Å². The topological polar surface area (TPSA) is 52.6 Å². The minimum Gasteiger partial charge on any atom is -0.381 e. The molecule has 166 valence electrons. The Kier molecular flexibility index (Phi) is 6.73. The van der Waals surface area contributed by atoms with Crippen LogP contribution in [0.3, 0.4) is 0 Å². The number of nitrogens with one attached hydrogen (secondary N) is 1. The van der Waals surface area contributed by atoms with E-state index in [0.29, 0.717) is 6.04 Å². The summed E-state index contributed by atoms with van der Waals surface area (Å²) in [5.41, 5.74) is 4.49. The van der Waals surface area contributed by atoms with E-state index in [2.05, 4.69) is 76.9 Å². The lowest BCUT2D eigenvalue weighted by atomic mass is 9.85. The maximum Gasteiger partial charge on any atom is 0.255 e. The number of aliphatic hydroxyl groups is 1. The molecule has 1 atom stereocenters. The highest BCUT2D eigenvalue weighted by Gasteiger charge is 2.29. The summed E-state index contributed by atoms with van der Waals surface area (Å²) in [6.45, 7) is 4.80. The SMILES string of the molecule is CC(C)(O)C(=O)Nc1cccc2c1C[C@@H](N(Cc1ccccc1)Cc1ccccc1)CC2. The quantitative estimate of drug-likeness (QED) is 0.559. The zero-order valence-electron chi connectivity index (χ0n) is 18.9. The van der Waals surface area contributed by atoms with Crippen LogP contribution in [0, 0.1) is 0 Å². The van der Waals surface area contributed by atoms with E-state index in [1.807, 2.05) is 12.1 Å². The average molecular weight is 429 g/mol. The minimum atomic E-state index is -1.41. The molecule has 0 saturated carbocycles. The molecule has 1 amide bonds. The second-order valence-electron chi connectivity index (χ2n) is 9.23. The highest BCUT2D eigenvalue weighted by Crippen LogP contribution is 2.32. The highest BCUT2D eigenvalue weighted by atomic mass is 16.3. The van der Waals surface area contributed by atoms with Crippen molar-refractivity contribution in [1.82, 2.24) is 4.90 Å². The van der Waals surface area contributed by atoms with Crippen molar-refractivity contribution in [3.8, 4) is 0 Å². The number of benzene rings is 3. The molecule has 0 radical (unpaired) electrons. The zero-order valence-corrected chi connectivity index (χ0v) is 18.9. The van der Waals surface area contributed by atoms with E-state index in [4.69, 9.17) is 0 Å². The number of carbonyl (C=O) groups excluding carboxylic acids is 1. The molecule has 4 heteroatoms. The van der Waals surface area contributed by atoms with Gasteiger partial charge in [-0.25, -0.2) is 0 Å². The lowest BCUT2D eigenvalue weighted by Gasteiger charge is -2.36. The Morgan fingerprint density at radius 3 is 2.09 bits per heavy atom. The van der Waals surface area contributed by atoms with E-state index in [-0.39, 0.29) is 5.91 Å². The molecule has 0 bridgehead atoms. The zero-order chi connectivity index (χ0) is 22.6. The Morgan fingerprint density at radius 1 is 0.938 bits per heavy atom. The van der Waals surface area contributed by atoms with E-state index in [1.54, 1.807) is 0 Å². The second-order valence-corrected chi connectivity index (χ2v) is 9.23. The molecular weight excluding hydrogens is 396 g/mol. The number of amides is 1. The Labute approximate surface area is 190 Å². The van der Waals surface area contributed by atoms with Gasteiger partial charge in [0.25, 0.3) is 5.91 Å². The summed E-state index contributed by atoms with van der Waals surface area (Å²) >= 11 is 0. The van der Waals surface area contributed by atoms with Crippen LogP contribution in [0.1, 0.15) is 42.5 Å². The minimum absolute atomic E-state index is 0.364. The fourth-order valence-electron chi connectivity index (χ4n) is 4.42. The molecule has 2 N–H and O–H groups in total. The molecule has 4 nitrogen and oxygen atoms in total. The van der Waals surface area contributed by atoms with Crippen LogP contribution in [0.5, 0.6) is 0 Å². The van der Waals surface area contributed by atoms with Crippen LogP contribution in [0.15, 0.2) is 78.9 Å². The van der Waals surface area contributed by atoms with Gasteiger partial charge in [0.2, 0.25) is 0 Å². The van der Waals surface area contributed by atoms with Gasteiger partial charge in [-0.15, -0.1) is 0 Å². The smallest absolute Gasteiger partial charge is 0.255 e. The van der Waals surface area contributed by atoms with Crippen LogP contribution in [0.2, 0.25) is 0 Å². The number of rotatable bonds is 7. The summed E-state index contributed by atoms with van der Waals surface area (Å²) in [6.07, 6.45) is 2.93. The summed E-state index contributed by atoms with van der Waals surface area (Å²) in [4.78, 5) is 15.0. The molecule has 1 aliphatic carbocycles. The normalized spacial score (nSPS) is 15.9. The summed E-state index contributed by atoms with van der Waals surface area (Å²) in [7, 11) is 0. The number of carbonyl (C=O) groups is 1. The molecule has 0 aliphatic heterocycles. The molecule has 0 heterocycles. The molecule has 0 unspecified atom stereocenters. The van der Waals surface area contributed by atoms with Crippen LogP contribution in [-0.2, 0) is 30.7 Å². The molecule has 4 rings (SSSR count). The van der Waals surface area contributed by atoms with Crippen molar-refractivity contribution in [2.45, 2.75) is 57.8 Å². The van der Waals surface area contributed by atoms with Crippen molar-refractivity contribution in [1.29, 1.82) is 0 Å². The first-order valence-corrected chi connectivity index (χ1v) is 11.4. The summed E-state index contributed by atoms with van der Waals surface area (Å²) in [5.74, 6) is -0.376. The first kappa shape index (κ1) is 22.3. The van der Waals surface area contributed by atoms with Crippen LogP contribution >= 0.6 is 0 Å². The second kappa shape index (κ2) is 9.68. The summed E-state index contributed by atoms with van der Waals surface area (Å²) < 4.78 is 0. The third kappa shape index (κ3) is 5.45. The molecule has 3 aromatic rings. The fraction of sp³-hybridized carbons (Fsp3) is 0.321. The summed E-state index contributed by atoms with van der Waals surface area (Å²) in [6, 6.07) is 27.7. The number of hydrogen-bond acceptors (Lipinski definition) is 3. The van der Waals surface area contributed by atoms with Crippen molar-refractivity contribution in [3.05, 3.63) is 101 Å². The van der Waals surface area contributed by atoms with Gasteiger partial charge >= 0.3 is 0 Å². The summed E-state index contributed by atoms with van der Waals surface area (Å²) in [5, 5.41) is 13.1. The predicted octanol–water partition coefficient (Wildman–Crippen LogP) is 4.96. The van der Waals surface area contributed by atoms with E-state index in [0.717, 1.165) is 38.0 Å². The van der Waals surface area contributed by atoms with E-state index < -0.39 is 5.60 Å². The Balaban J connectivity index is 1.59. The number of nitrogens with zero attached hydrogens (tertiary/aromatic N) is 1. The average Bonchev–Trinajstić information content (AvgIpc) is 2.79. The van der Waals surface area contributed by atoms with Gasteiger partial charge in [0.1, 0.15) is 5.60 Å². The van der Waals surface area contributed by atoms with Crippen LogP contribution in [-0.4, -0.2) is 27.6 Å². The van der Waals surface area contributed by atoms with Crippen molar-refractivity contribution >= 4 is 11.6 Å². The van der Waals surface area contributed by atoms with Crippen molar-refractivity contribution in [2.24, 2.45) is 0 Å². The van der Waals surface area contributed by atoms with Crippen LogP contribution in [0.4, 0.5) is 5.69 Å². The molecular formula is C28H32N2O2. The Morgan fingerprint density at radius 2 is 1.53 bits per heavy atom. The standard InChI is InChI=1S/C28H32N2O2/c1-28(2,32)27(31)29-26-15-9-14-23-16-17-24(18-25(23)26)30(19-21-10-5-3-6-11-21)20-22-12-7-4-8-13-22/h3-15,24,32H,16-20H2,1-2H3,(H,29,31)/t24-/m0/s1. The van der Waals surface area contributed by atoms with Gasteiger partial charge in [0.05, 0.1) is 0 Å². The predicted molar refractivity (Wildman–Crippen MR) is 129 cm³/mol. The first-order valence-electron chi connectivity index (χ1n) is 11.4. The maximum atomic E-state index is 12.4. The highest BCUT2D eigenvalue weighted by molar-refractivity contribution is 5.97. The van der Waals surface area contributed by atoms with E-state index >= 15 is 0 Å². The monoisotopic (exact) mass is 428 g/mol. The number of fused-ring (bicyclic) bond motifs is 1. The largest absolute Gasteiger partial charge is 0.381 e. The Hall–Kier alpha value is -2.95. The van der Waals surface area contributed by atoms with Gasteiger partial charge in [0, 0.05) is 24.8 Å². The van der Waals surface area contributed by atoms with Gasteiger partial charge in [0.15, 0.2) is 0 Å². The maximum absolute atomic E-state index is 12.4. The number of hydrogen-bond donors (Lipinski definition) is 2. The lowest BCUT2D eigenvalue weighted by molar-refractivity contribution is -0.130. The molecule has 3 aromatic carbocycles. The van der Waals surface area contributed by atoms with Crippen molar-refractivity contribution < 1.29 is 9.90 Å². The van der Waals surface area contributed by atoms with Crippen LogP contribution in [0.25, 0.3) is 0 Å². The van der Waals surface area contributed by atoms with Crippen LogP contribution < -0.4 is 5.32 Å². The molecule has 32 heavy (non-hydrogen) atoms. The first-order chi connectivity index (χ1) is 15.4. The molecule has 0 fully saturated rings. The Bertz CT molecular complexity index is 1000. The van der Waals surface area contributed by atoms with Crippen molar-refractivity contribution in [2.75, 3.05) is 5.32 Å². The van der Waals surface area contributed by atoms with Gasteiger partial charge in [-0.3, -0.25) is 9.69 Å². The number of anilines is 1. The molecule has 0 aromatic heterocycles. The molecule has 0 spiro atoms. The van der Waals surface area contributed by atoms with Crippen molar-refractivity contribution in [3.63, 3.8) is 0 Å². The lowest BCUT2D eigenvalue weighted by Crippen LogP contribution is -2.40. The van der Waals surface area contributed by atoms with Gasteiger partial charge in [-0.1, -0.05) is 72.8 Å². The third-order valence-electron chi connectivity index (χ3n) is 6.24. The van der Waals surface area contributed by atoms with Gasteiger partial charge < -0.3 is 10.4 Å². The number of aryl methyl sites for hydroxylation is 1. The van der Waals surface area contributed by atoms with E-state index in [9.17, 15) is 9.90 Å². The fourth-order valence-corrected chi connectivity index (χ4v) is 4.42.